The summed E-state index contributed by atoms with van der Waals surface area (Å²) in [4.78, 5) is 15.0. The third kappa shape index (κ3) is 4.33. The van der Waals surface area contributed by atoms with Gasteiger partial charge in [-0.25, -0.2) is 13.6 Å². The van der Waals surface area contributed by atoms with Crippen LogP contribution in [0.5, 0.6) is 0 Å². The van der Waals surface area contributed by atoms with Crippen LogP contribution < -0.4 is 0 Å². The molecule has 1 aromatic carbocycles. The number of benzene rings is 1. The van der Waals surface area contributed by atoms with Crippen LogP contribution in [-0.4, -0.2) is 42.3 Å². The first kappa shape index (κ1) is 18.0. The number of hydrogen-bond acceptors (Lipinski definition) is 3. The largest absolute Gasteiger partial charge is 0.465 e. The van der Waals surface area contributed by atoms with E-state index in [2.05, 4.69) is 10.0 Å². The molecule has 2 atom stereocenters. The van der Waals surface area contributed by atoms with Crippen molar-refractivity contribution in [3.05, 3.63) is 45.8 Å². The van der Waals surface area contributed by atoms with E-state index in [4.69, 9.17) is 15.4 Å². The number of amides is 1. The highest BCUT2D eigenvalue weighted by atomic mass is 19.2. The molecule has 1 N–H and O–H groups in total. The highest BCUT2D eigenvalue weighted by molar-refractivity contribution is 5.65. The number of likely N-dealkylation sites (tertiary alicyclic amines) is 1. The molecular formula is C15H18F2N4O3. The first-order valence-corrected chi connectivity index (χ1v) is 7.58. The van der Waals surface area contributed by atoms with E-state index in [0.717, 1.165) is 6.07 Å². The van der Waals surface area contributed by atoms with E-state index in [-0.39, 0.29) is 31.2 Å². The maximum atomic E-state index is 14.2. The topological polar surface area (TPSA) is 98.5 Å². The standard InChI is InChI=1S/C15H18F2N4O3/c16-12-5-1-4-11(13(12)17)14(24-8-6-19-20-18)10-3-2-7-21(9-10)15(22)23/h1,4-5,10,14H,2-3,6-9H2,(H,22,23). The van der Waals surface area contributed by atoms with Crippen molar-refractivity contribution in [2.24, 2.45) is 11.0 Å². The summed E-state index contributed by atoms with van der Waals surface area (Å²) in [5, 5.41) is 12.5. The van der Waals surface area contributed by atoms with Crippen LogP contribution in [0.1, 0.15) is 24.5 Å². The second-order valence-electron chi connectivity index (χ2n) is 5.52. The zero-order chi connectivity index (χ0) is 17.5. The maximum Gasteiger partial charge on any atom is 0.407 e. The Labute approximate surface area is 137 Å². The van der Waals surface area contributed by atoms with Gasteiger partial charge in [-0.05, 0) is 24.4 Å². The van der Waals surface area contributed by atoms with Crippen molar-refractivity contribution in [2.75, 3.05) is 26.2 Å². The first-order chi connectivity index (χ1) is 11.5. The number of rotatable bonds is 6. The Morgan fingerprint density at radius 3 is 3.04 bits per heavy atom. The lowest BCUT2D eigenvalue weighted by Crippen LogP contribution is -2.41. The van der Waals surface area contributed by atoms with Gasteiger partial charge in [0.05, 0.1) is 12.7 Å². The highest BCUT2D eigenvalue weighted by Gasteiger charge is 2.33. The number of halogens is 2. The summed E-state index contributed by atoms with van der Waals surface area (Å²) < 4.78 is 33.4. The molecule has 1 saturated heterocycles. The lowest BCUT2D eigenvalue weighted by atomic mass is 9.88. The normalized spacial score (nSPS) is 18.8. The lowest BCUT2D eigenvalue weighted by molar-refractivity contribution is -0.0119. The lowest BCUT2D eigenvalue weighted by Gasteiger charge is -2.35. The van der Waals surface area contributed by atoms with Gasteiger partial charge < -0.3 is 14.7 Å². The molecule has 7 nitrogen and oxygen atoms in total. The van der Waals surface area contributed by atoms with Crippen molar-refractivity contribution in [2.45, 2.75) is 18.9 Å². The number of hydrogen-bond donors (Lipinski definition) is 1. The number of piperidine rings is 1. The van der Waals surface area contributed by atoms with Crippen molar-refractivity contribution in [1.29, 1.82) is 0 Å². The molecule has 1 fully saturated rings. The molecule has 1 amide bonds. The average Bonchev–Trinajstić information content (AvgIpc) is 2.58. The minimum Gasteiger partial charge on any atom is -0.465 e. The molecule has 9 heteroatoms. The Kier molecular flexibility index (Phi) is 6.34. The quantitative estimate of drug-likeness (QED) is 0.370. The molecule has 130 valence electrons. The van der Waals surface area contributed by atoms with Gasteiger partial charge in [0.2, 0.25) is 0 Å². The molecule has 0 spiro atoms. The van der Waals surface area contributed by atoms with Gasteiger partial charge >= 0.3 is 6.09 Å². The Bertz CT molecular complexity index is 637. The zero-order valence-corrected chi connectivity index (χ0v) is 12.9. The fourth-order valence-corrected chi connectivity index (χ4v) is 2.92. The van der Waals surface area contributed by atoms with Gasteiger partial charge in [-0.2, -0.15) is 0 Å². The number of azide groups is 1. The van der Waals surface area contributed by atoms with Crippen LogP contribution in [0.25, 0.3) is 10.4 Å². The molecule has 0 aromatic heterocycles. The average molecular weight is 340 g/mol. The highest BCUT2D eigenvalue weighted by Crippen LogP contribution is 2.34. The van der Waals surface area contributed by atoms with Crippen molar-refractivity contribution < 1.29 is 23.4 Å². The number of carboxylic acid groups (broad SMARTS) is 1. The van der Waals surface area contributed by atoms with Gasteiger partial charge in [0.1, 0.15) is 0 Å². The van der Waals surface area contributed by atoms with Crippen LogP contribution in [0.3, 0.4) is 0 Å². The van der Waals surface area contributed by atoms with Crippen LogP contribution in [-0.2, 0) is 4.74 Å². The van der Waals surface area contributed by atoms with Gasteiger partial charge in [0.25, 0.3) is 0 Å². The number of carbonyl (C=O) groups is 1. The molecule has 2 unspecified atom stereocenters. The second kappa shape index (κ2) is 8.47. The predicted octanol–water partition coefficient (Wildman–Crippen LogP) is 3.72. The van der Waals surface area contributed by atoms with Crippen molar-refractivity contribution in [1.82, 2.24) is 4.90 Å². The van der Waals surface area contributed by atoms with Gasteiger partial charge in [0.15, 0.2) is 11.6 Å². The molecule has 0 saturated carbocycles. The predicted molar refractivity (Wildman–Crippen MR) is 81.4 cm³/mol. The van der Waals surface area contributed by atoms with E-state index >= 15 is 0 Å². The Morgan fingerprint density at radius 2 is 2.33 bits per heavy atom. The van der Waals surface area contributed by atoms with E-state index in [0.29, 0.717) is 19.4 Å². The van der Waals surface area contributed by atoms with Crippen LogP contribution in [0.15, 0.2) is 23.3 Å². The fourth-order valence-electron chi connectivity index (χ4n) is 2.92. The zero-order valence-electron chi connectivity index (χ0n) is 12.9. The van der Waals surface area contributed by atoms with E-state index in [1.54, 1.807) is 0 Å². The molecule has 1 aromatic rings. The summed E-state index contributed by atoms with van der Waals surface area (Å²) in [6.45, 7) is 0.675. The summed E-state index contributed by atoms with van der Waals surface area (Å²) >= 11 is 0. The van der Waals surface area contributed by atoms with Gasteiger partial charge in [-0.1, -0.05) is 17.2 Å². The Morgan fingerprint density at radius 1 is 1.54 bits per heavy atom. The molecule has 24 heavy (non-hydrogen) atoms. The minimum absolute atomic E-state index is 0.0360. The van der Waals surface area contributed by atoms with Gasteiger partial charge in [-0.3, -0.25) is 0 Å². The van der Waals surface area contributed by atoms with Crippen LogP contribution in [0.4, 0.5) is 13.6 Å². The first-order valence-electron chi connectivity index (χ1n) is 7.58. The summed E-state index contributed by atoms with van der Waals surface area (Å²) in [6, 6.07) is 3.83. The van der Waals surface area contributed by atoms with Gasteiger partial charge in [0, 0.05) is 36.0 Å². The maximum absolute atomic E-state index is 14.2. The number of ether oxygens (including phenoxy) is 1. The Balaban J connectivity index is 2.23. The second-order valence-corrected chi connectivity index (χ2v) is 5.52. The molecule has 1 aliphatic rings. The van der Waals surface area contributed by atoms with Crippen LogP contribution in [0, 0.1) is 17.6 Å². The fraction of sp³-hybridized carbons (Fsp3) is 0.533. The summed E-state index contributed by atoms with van der Waals surface area (Å²) in [5.41, 5.74) is 8.34. The minimum atomic E-state index is -1.05. The van der Waals surface area contributed by atoms with E-state index < -0.39 is 23.8 Å². The van der Waals surface area contributed by atoms with Crippen molar-refractivity contribution >= 4 is 6.09 Å². The van der Waals surface area contributed by atoms with Gasteiger partial charge in [-0.15, -0.1) is 0 Å². The van der Waals surface area contributed by atoms with Crippen molar-refractivity contribution in [3.63, 3.8) is 0 Å². The number of nitrogens with zero attached hydrogens (tertiary/aromatic N) is 4. The molecule has 0 radical (unpaired) electrons. The molecular weight excluding hydrogens is 322 g/mol. The monoisotopic (exact) mass is 340 g/mol. The molecule has 0 aliphatic carbocycles. The van der Waals surface area contributed by atoms with E-state index in [1.165, 1.54) is 17.0 Å². The third-order valence-corrected chi connectivity index (χ3v) is 4.00. The van der Waals surface area contributed by atoms with E-state index in [9.17, 15) is 13.6 Å². The SMILES string of the molecule is [N-]=[N+]=NCCOC(c1cccc(F)c1F)C1CCCN(C(=O)O)C1. The van der Waals surface area contributed by atoms with Crippen LogP contribution in [0.2, 0.25) is 0 Å². The Hall–Kier alpha value is -2.38. The molecule has 1 heterocycles. The third-order valence-electron chi connectivity index (χ3n) is 4.00. The summed E-state index contributed by atoms with van der Waals surface area (Å²) in [6.07, 6.45) is -0.611. The van der Waals surface area contributed by atoms with E-state index in [1.807, 2.05) is 0 Å². The summed E-state index contributed by atoms with van der Waals surface area (Å²) in [7, 11) is 0. The van der Waals surface area contributed by atoms with Crippen molar-refractivity contribution in [3.8, 4) is 0 Å². The smallest absolute Gasteiger partial charge is 0.407 e. The van der Waals surface area contributed by atoms with Crippen LogP contribution >= 0.6 is 0 Å². The molecule has 0 bridgehead atoms. The molecule has 2 rings (SSSR count). The molecule has 1 aliphatic heterocycles. The summed E-state index contributed by atoms with van der Waals surface area (Å²) in [5.74, 6) is -2.29.